The molecule has 0 fully saturated rings. The van der Waals surface area contributed by atoms with Crippen LogP contribution in [0.5, 0.6) is 0 Å². The molecule has 0 amide bonds. The van der Waals surface area contributed by atoms with Crippen LogP contribution in [0.15, 0.2) is 41.4 Å². The van der Waals surface area contributed by atoms with Gasteiger partial charge in [0.25, 0.3) is 0 Å². The zero-order valence-corrected chi connectivity index (χ0v) is 12.0. The number of hydrogen-bond donors (Lipinski definition) is 1. The molecule has 0 aliphatic heterocycles. The first-order valence-electron chi connectivity index (χ1n) is 5.33. The highest BCUT2D eigenvalue weighted by molar-refractivity contribution is 7.98. The molecule has 0 radical (unpaired) electrons. The van der Waals surface area contributed by atoms with Crippen molar-refractivity contribution in [2.45, 2.75) is 10.6 Å². The second-order valence-corrected chi connectivity index (χ2v) is 5.50. The van der Waals surface area contributed by atoms with Gasteiger partial charge in [0.1, 0.15) is 5.15 Å². The fourth-order valence-electron chi connectivity index (χ4n) is 1.45. The molecule has 0 aliphatic rings. The van der Waals surface area contributed by atoms with Gasteiger partial charge in [0, 0.05) is 16.8 Å². The van der Waals surface area contributed by atoms with Gasteiger partial charge in [-0.1, -0.05) is 29.3 Å². The lowest BCUT2D eigenvalue weighted by Crippen LogP contribution is -1.97. The molecule has 0 unspecified atom stereocenters. The van der Waals surface area contributed by atoms with Gasteiger partial charge in [-0.25, -0.2) is 9.78 Å². The highest BCUT2D eigenvalue weighted by Gasteiger charge is 2.10. The van der Waals surface area contributed by atoms with Gasteiger partial charge in [0.2, 0.25) is 0 Å². The van der Waals surface area contributed by atoms with E-state index in [1.807, 2.05) is 12.1 Å². The molecule has 19 heavy (non-hydrogen) atoms. The molecule has 2 aromatic rings. The lowest BCUT2D eigenvalue weighted by molar-refractivity contribution is 0.0697. The first-order valence-corrected chi connectivity index (χ1v) is 7.07. The second kappa shape index (κ2) is 6.28. The number of rotatable bonds is 4. The number of benzene rings is 1. The van der Waals surface area contributed by atoms with E-state index in [1.165, 1.54) is 11.8 Å². The van der Waals surface area contributed by atoms with Crippen molar-refractivity contribution in [1.82, 2.24) is 4.98 Å². The normalized spacial score (nSPS) is 10.4. The van der Waals surface area contributed by atoms with Gasteiger partial charge < -0.3 is 5.11 Å². The Balaban J connectivity index is 2.14. The predicted molar refractivity (Wildman–Crippen MR) is 77.2 cm³/mol. The zero-order chi connectivity index (χ0) is 13.8. The summed E-state index contributed by atoms with van der Waals surface area (Å²) in [6.07, 6.45) is 1.63. The molecule has 98 valence electrons. The number of thioether (sulfide) groups is 1. The molecule has 3 nitrogen and oxygen atoms in total. The van der Waals surface area contributed by atoms with Crippen molar-refractivity contribution in [3.05, 3.63) is 57.8 Å². The molecule has 1 aromatic heterocycles. The molecule has 6 heteroatoms. The molecular formula is C13H9Cl2NO2S. The molecule has 0 saturated heterocycles. The fourth-order valence-corrected chi connectivity index (χ4v) is 2.83. The van der Waals surface area contributed by atoms with Crippen LogP contribution in [0.1, 0.15) is 15.9 Å². The number of carbonyl (C=O) groups is 1. The van der Waals surface area contributed by atoms with E-state index in [9.17, 15) is 4.79 Å². The zero-order valence-electron chi connectivity index (χ0n) is 9.64. The van der Waals surface area contributed by atoms with Crippen LogP contribution in [-0.4, -0.2) is 16.1 Å². The van der Waals surface area contributed by atoms with E-state index in [0.29, 0.717) is 10.9 Å². The van der Waals surface area contributed by atoms with Gasteiger partial charge in [-0.3, -0.25) is 0 Å². The fraction of sp³-hybridized carbons (Fsp3) is 0.0769. The van der Waals surface area contributed by atoms with Gasteiger partial charge in [0.05, 0.1) is 10.6 Å². The Morgan fingerprint density at radius 3 is 2.79 bits per heavy atom. The molecule has 2 rings (SSSR count). The molecule has 0 atom stereocenters. The van der Waals surface area contributed by atoms with Crippen LogP contribution in [0.4, 0.5) is 0 Å². The third kappa shape index (κ3) is 3.62. The first-order chi connectivity index (χ1) is 9.08. The minimum absolute atomic E-state index is 0.101. The molecule has 1 aromatic carbocycles. The summed E-state index contributed by atoms with van der Waals surface area (Å²) in [5, 5.41) is 9.69. The van der Waals surface area contributed by atoms with Crippen molar-refractivity contribution >= 4 is 40.9 Å². The highest BCUT2D eigenvalue weighted by atomic mass is 35.5. The number of pyridine rings is 1. The Morgan fingerprint density at radius 2 is 2.11 bits per heavy atom. The highest BCUT2D eigenvalue weighted by Crippen LogP contribution is 2.28. The lowest BCUT2D eigenvalue weighted by atomic mass is 10.2. The average molecular weight is 314 g/mol. The minimum atomic E-state index is -1.04. The molecule has 0 bridgehead atoms. The quantitative estimate of drug-likeness (QED) is 0.672. The standard InChI is InChI=1S/C13H9Cl2NO2S/c14-11-4-3-9(6-10(11)13(17)18)19-7-8-2-1-5-16-12(8)15/h1-6H,7H2,(H,17,18). The monoisotopic (exact) mass is 313 g/mol. The lowest BCUT2D eigenvalue weighted by Gasteiger charge is -2.05. The van der Waals surface area contributed by atoms with Crippen LogP contribution < -0.4 is 0 Å². The van der Waals surface area contributed by atoms with Crippen molar-refractivity contribution in [1.29, 1.82) is 0 Å². The maximum atomic E-state index is 11.0. The summed E-state index contributed by atoms with van der Waals surface area (Å²) < 4.78 is 0. The molecule has 0 saturated carbocycles. The van der Waals surface area contributed by atoms with Crippen LogP contribution in [0.25, 0.3) is 0 Å². The number of halogens is 2. The van der Waals surface area contributed by atoms with Crippen LogP contribution in [0, 0.1) is 0 Å². The van der Waals surface area contributed by atoms with Crippen molar-refractivity contribution in [3.63, 3.8) is 0 Å². The molecule has 1 heterocycles. The maximum absolute atomic E-state index is 11.0. The van der Waals surface area contributed by atoms with Gasteiger partial charge in [-0.2, -0.15) is 0 Å². The molecular weight excluding hydrogens is 305 g/mol. The van der Waals surface area contributed by atoms with Gasteiger partial charge in [0.15, 0.2) is 0 Å². The maximum Gasteiger partial charge on any atom is 0.337 e. The number of aromatic nitrogens is 1. The van der Waals surface area contributed by atoms with Gasteiger partial charge >= 0.3 is 5.97 Å². The minimum Gasteiger partial charge on any atom is -0.478 e. The molecule has 0 aliphatic carbocycles. The topological polar surface area (TPSA) is 50.2 Å². The Morgan fingerprint density at radius 1 is 1.32 bits per heavy atom. The third-order valence-electron chi connectivity index (χ3n) is 2.40. The van der Waals surface area contributed by atoms with Gasteiger partial charge in [-0.15, -0.1) is 11.8 Å². The van der Waals surface area contributed by atoms with Gasteiger partial charge in [-0.05, 0) is 29.8 Å². The molecule has 0 spiro atoms. The van der Waals surface area contributed by atoms with Crippen molar-refractivity contribution in [2.24, 2.45) is 0 Å². The van der Waals surface area contributed by atoms with Crippen molar-refractivity contribution in [2.75, 3.05) is 0 Å². The Labute approximate surface area is 124 Å². The number of carboxylic acid groups (broad SMARTS) is 1. The van der Waals surface area contributed by atoms with E-state index in [1.54, 1.807) is 24.4 Å². The van der Waals surface area contributed by atoms with E-state index in [2.05, 4.69) is 4.98 Å². The molecule has 1 N–H and O–H groups in total. The van der Waals surface area contributed by atoms with Crippen molar-refractivity contribution < 1.29 is 9.90 Å². The largest absolute Gasteiger partial charge is 0.478 e. The summed E-state index contributed by atoms with van der Waals surface area (Å²) in [5.74, 6) is -0.417. The smallest absolute Gasteiger partial charge is 0.337 e. The van der Waals surface area contributed by atoms with Crippen LogP contribution >= 0.6 is 35.0 Å². The summed E-state index contributed by atoms with van der Waals surface area (Å²) in [6.45, 7) is 0. The van der Waals surface area contributed by atoms with E-state index in [4.69, 9.17) is 28.3 Å². The SMILES string of the molecule is O=C(O)c1cc(SCc2cccnc2Cl)ccc1Cl. The summed E-state index contributed by atoms with van der Waals surface area (Å²) in [7, 11) is 0. The number of carboxylic acids is 1. The predicted octanol–water partition coefficient (Wildman–Crippen LogP) is 4.38. The summed E-state index contributed by atoms with van der Waals surface area (Å²) in [4.78, 5) is 15.8. The Hall–Kier alpha value is -1.23. The van der Waals surface area contributed by atoms with E-state index < -0.39 is 5.97 Å². The van der Waals surface area contributed by atoms with Crippen LogP contribution in [0.2, 0.25) is 10.2 Å². The number of hydrogen-bond acceptors (Lipinski definition) is 3. The number of nitrogens with zero attached hydrogens (tertiary/aromatic N) is 1. The Kier molecular flexibility index (Phi) is 4.69. The summed E-state index contributed by atoms with van der Waals surface area (Å²) in [5.41, 5.74) is 1.00. The Bertz CT molecular complexity index is 619. The summed E-state index contributed by atoms with van der Waals surface area (Å²) >= 11 is 13.3. The van der Waals surface area contributed by atoms with Crippen LogP contribution in [0.3, 0.4) is 0 Å². The first kappa shape index (κ1) is 14.2. The third-order valence-corrected chi connectivity index (χ3v) is 4.11. The van der Waals surface area contributed by atoms with E-state index in [0.717, 1.165) is 10.5 Å². The van der Waals surface area contributed by atoms with Crippen LogP contribution in [-0.2, 0) is 5.75 Å². The van der Waals surface area contributed by atoms with Crippen molar-refractivity contribution in [3.8, 4) is 0 Å². The summed E-state index contributed by atoms with van der Waals surface area (Å²) in [6, 6.07) is 8.62. The second-order valence-electron chi connectivity index (χ2n) is 3.69. The van der Waals surface area contributed by atoms with E-state index >= 15 is 0 Å². The number of aromatic carboxylic acids is 1. The average Bonchev–Trinajstić information content (AvgIpc) is 2.39. The van der Waals surface area contributed by atoms with E-state index in [-0.39, 0.29) is 10.6 Å².